The maximum absolute atomic E-state index is 12.3. The third-order valence-electron chi connectivity index (χ3n) is 3.43. The van der Waals surface area contributed by atoms with Gasteiger partial charge < -0.3 is 0 Å². The highest BCUT2D eigenvalue weighted by molar-refractivity contribution is 7.89. The zero-order chi connectivity index (χ0) is 15.5. The molecule has 5 heteroatoms. The molecule has 0 aliphatic heterocycles. The third kappa shape index (κ3) is 4.06. The van der Waals surface area contributed by atoms with E-state index >= 15 is 0 Å². The molecule has 0 heterocycles. The summed E-state index contributed by atoms with van der Waals surface area (Å²) in [6, 6.07) is 12.7. The lowest BCUT2D eigenvalue weighted by Crippen LogP contribution is -2.23. The van der Waals surface area contributed by atoms with Crippen molar-refractivity contribution in [1.29, 1.82) is 0 Å². The molecular formula is C16H18ClNO2S. The SMILES string of the molecule is Cc1ccc(S(=O)(=O)NCc2ccc(CCl)cc2)cc1C. The van der Waals surface area contributed by atoms with E-state index in [1.54, 1.807) is 12.1 Å². The second-order valence-corrected chi connectivity index (χ2v) is 7.05. The van der Waals surface area contributed by atoms with Gasteiger partial charge in [-0.3, -0.25) is 0 Å². The fourth-order valence-corrected chi connectivity index (χ4v) is 3.17. The summed E-state index contributed by atoms with van der Waals surface area (Å²) < 4.78 is 27.1. The quantitative estimate of drug-likeness (QED) is 0.856. The number of nitrogens with one attached hydrogen (secondary N) is 1. The molecule has 0 atom stereocenters. The van der Waals surface area contributed by atoms with Crippen LogP contribution in [0.4, 0.5) is 0 Å². The molecular weight excluding hydrogens is 306 g/mol. The average molecular weight is 324 g/mol. The van der Waals surface area contributed by atoms with Crippen LogP contribution in [-0.2, 0) is 22.4 Å². The van der Waals surface area contributed by atoms with E-state index < -0.39 is 10.0 Å². The largest absolute Gasteiger partial charge is 0.240 e. The molecule has 0 saturated carbocycles. The number of hydrogen-bond donors (Lipinski definition) is 1. The average Bonchev–Trinajstić information content (AvgIpc) is 2.48. The maximum atomic E-state index is 12.3. The third-order valence-corrected chi connectivity index (χ3v) is 5.14. The zero-order valence-electron chi connectivity index (χ0n) is 12.1. The van der Waals surface area contributed by atoms with E-state index in [2.05, 4.69) is 4.72 Å². The maximum Gasteiger partial charge on any atom is 0.240 e. The molecule has 0 fully saturated rings. The first-order valence-corrected chi connectivity index (χ1v) is 8.65. The van der Waals surface area contributed by atoms with E-state index in [-0.39, 0.29) is 6.54 Å². The van der Waals surface area contributed by atoms with E-state index in [1.807, 2.05) is 44.2 Å². The summed E-state index contributed by atoms with van der Waals surface area (Å²) in [7, 11) is -3.49. The topological polar surface area (TPSA) is 46.2 Å². The van der Waals surface area contributed by atoms with Gasteiger partial charge in [0, 0.05) is 12.4 Å². The van der Waals surface area contributed by atoms with E-state index in [4.69, 9.17) is 11.6 Å². The Hall–Kier alpha value is -1.36. The monoisotopic (exact) mass is 323 g/mol. The Labute approximate surface area is 131 Å². The number of halogens is 1. The summed E-state index contributed by atoms with van der Waals surface area (Å²) in [5.41, 5.74) is 3.95. The van der Waals surface area contributed by atoms with Crippen molar-refractivity contribution in [3.63, 3.8) is 0 Å². The van der Waals surface area contributed by atoms with Crippen molar-refractivity contribution in [1.82, 2.24) is 4.72 Å². The molecule has 0 bridgehead atoms. The van der Waals surface area contributed by atoms with Gasteiger partial charge >= 0.3 is 0 Å². The van der Waals surface area contributed by atoms with Crippen LogP contribution in [0.3, 0.4) is 0 Å². The second-order valence-electron chi connectivity index (χ2n) is 5.02. The lowest BCUT2D eigenvalue weighted by atomic mass is 10.1. The molecule has 2 aromatic rings. The van der Waals surface area contributed by atoms with Crippen LogP contribution in [0.1, 0.15) is 22.3 Å². The summed E-state index contributed by atoms with van der Waals surface area (Å²) in [5.74, 6) is 0.453. The van der Waals surface area contributed by atoms with Gasteiger partial charge in [0.1, 0.15) is 0 Å². The van der Waals surface area contributed by atoms with Crippen LogP contribution >= 0.6 is 11.6 Å². The first-order valence-electron chi connectivity index (χ1n) is 6.63. The van der Waals surface area contributed by atoms with Gasteiger partial charge in [0.2, 0.25) is 10.0 Å². The highest BCUT2D eigenvalue weighted by Crippen LogP contribution is 2.15. The molecule has 112 valence electrons. The predicted molar refractivity (Wildman–Crippen MR) is 85.9 cm³/mol. The molecule has 0 radical (unpaired) electrons. The van der Waals surface area contributed by atoms with Crippen molar-refractivity contribution >= 4 is 21.6 Å². The summed E-state index contributed by atoms with van der Waals surface area (Å²) >= 11 is 5.72. The molecule has 2 aromatic carbocycles. The van der Waals surface area contributed by atoms with Gasteiger partial charge in [0.25, 0.3) is 0 Å². The van der Waals surface area contributed by atoms with Crippen molar-refractivity contribution in [3.8, 4) is 0 Å². The van der Waals surface area contributed by atoms with E-state index in [0.29, 0.717) is 10.8 Å². The fourth-order valence-electron chi connectivity index (χ4n) is 1.89. The molecule has 3 nitrogen and oxygen atoms in total. The van der Waals surface area contributed by atoms with Crippen molar-refractivity contribution in [2.24, 2.45) is 0 Å². The lowest BCUT2D eigenvalue weighted by molar-refractivity contribution is 0.581. The highest BCUT2D eigenvalue weighted by Gasteiger charge is 2.14. The first-order chi connectivity index (χ1) is 9.92. The summed E-state index contributed by atoms with van der Waals surface area (Å²) in [6.45, 7) is 4.12. The molecule has 0 aromatic heterocycles. The van der Waals surface area contributed by atoms with Crippen molar-refractivity contribution < 1.29 is 8.42 Å². The van der Waals surface area contributed by atoms with Gasteiger partial charge in [0.15, 0.2) is 0 Å². The zero-order valence-corrected chi connectivity index (χ0v) is 13.6. The van der Waals surface area contributed by atoms with Crippen LogP contribution in [0.2, 0.25) is 0 Å². The van der Waals surface area contributed by atoms with Crippen LogP contribution in [0.5, 0.6) is 0 Å². The molecule has 2 rings (SSSR count). The number of benzene rings is 2. The molecule has 0 aliphatic rings. The number of alkyl halides is 1. The van der Waals surface area contributed by atoms with Gasteiger partial charge in [-0.25, -0.2) is 13.1 Å². The van der Waals surface area contributed by atoms with E-state index in [1.165, 1.54) is 0 Å². The van der Waals surface area contributed by atoms with Crippen LogP contribution in [0, 0.1) is 13.8 Å². The van der Waals surface area contributed by atoms with Crippen LogP contribution < -0.4 is 4.72 Å². The van der Waals surface area contributed by atoms with Crippen molar-refractivity contribution in [2.45, 2.75) is 31.2 Å². The Kier molecular flexibility index (Phi) is 5.04. The smallest absolute Gasteiger partial charge is 0.207 e. The molecule has 0 saturated heterocycles. The normalized spacial score (nSPS) is 11.6. The number of rotatable bonds is 5. The van der Waals surface area contributed by atoms with Crippen LogP contribution in [0.15, 0.2) is 47.4 Å². The Morgan fingerprint density at radius 2 is 1.57 bits per heavy atom. The highest BCUT2D eigenvalue weighted by atomic mass is 35.5. The van der Waals surface area contributed by atoms with Crippen molar-refractivity contribution in [3.05, 3.63) is 64.7 Å². The molecule has 0 unspecified atom stereocenters. The van der Waals surface area contributed by atoms with E-state index in [9.17, 15) is 8.42 Å². The first kappa shape index (κ1) is 16.0. The minimum Gasteiger partial charge on any atom is -0.207 e. The number of sulfonamides is 1. The Balaban J connectivity index is 2.11. The molecule has 0 amide bonds. The summed E-state index contributed by atoms with van der Waals surface area (Å²) in [6.07, 6.45) is 0. The minimum absolute atomic E-state index is 0.262. The summed E-state index contributed by atoms with van der Waals surface area (Å²) in [5, 5.41) is 0. The fraction of sp³-hybridized carbons (Fsp3) is 0.250. The Morgan fingerprint density at radius 1 is 0.952 bits per heavy atom. The predicted octanol–water partition coefficient (Wildman–Crippen LogP) is 3.52. The van der Waals surface area contributed by atoms with Gasteiger partial charge in [-0.2, -0.15) is 0 Å². The minimum atomic E-state index is -3.49. The van der Waals surface area contributed by atoms with Gasteiger partial charge in [-0.1, -0.05) is 30.3 Å². The summed E-state index contributed by atoms with van der Waals surface area (Å²) in [4.78, 5) is 0.294. The standard InChI is InChI=1S/C16H18ClNO2S/c1-12-3-8-16(9-13(12)2)21(19,20)18-11-15-6-4-14(10-17)5-7-15/h3-9,18H,10-11H2,1-2H3. The van der Waals surface area contributed by atoms with E-state index in [0.717, 1.165) is 22.3 Å². The van der Waals surface area contributed by atoms with Gasteiger partial charge in [-0.05, 0) is 48.2 Å². The van der Waals surface area contributed by atoms with Crippen molar-refractivity contribution in [2.75, 3.05) is 0 Å². The lowest BCUT2D eigenvalue weighted by Gasteiger charge is -2.09. The Bertz CT molecular complexity index is 724. The molecule has 1 N–H and O–H groups in total. The molecule has 21 heavy (non-hydrogen) atoms. The molecule has 0 spiro atoms. The second kappa shape index (κ2) is 6.60. The van der Waals surface area contributed by atoms with Gasteiger partial charge in [-0.15, -0.1) is 11.6 Å². The van der Waals surface area contributed by atoms with Gasteiger partial charge in [0.05, 0.1) is 4.90 Å². The molecule has 0 aliphatic carbocycles. The Morgan fingerprint density at radius 3 is 2.14 bits per heavy atom. The number of aryl methyl sites for hydroxylation is 2. The van der Waals surface area contributed by atoms with Crippen LogP contribution in [0.25, 0.3) is 0 Å². The van der Waals surface area contributed by atoms with Crippen LogP contribution in [-0.4, -0.2) is 8.42 Å². The number of hydrogen-bond acceptors (Lipinski definition) is 2.